The highest BCUT2D eigenvalue weighted by Gasteiger charge is 2.31. The molecule has 0 saturated carbocycles. The topological polar surface area (TPSA) is 137 Å². The van der Waals surface area contributed by atoms with Crippen LogP contribution in [0.25, 0.3) is 0 Å². The van der Waals surface area contributed by atoms with Crippen molar-refractivity contribution in [2.45, 2.75) is 78.4 Å². The zero-order valence-electron chi connectivity index (χ0n) is 27.2. The number of benzene rings is 1. The van der Waals surface area contributed by atoms with Crippen LogP contribution in [0, 0.1) is 0 Å². The van der Waals surface area contributed by atoms with Gasteiger partial charge in [-0.05, 0) is 76.1 Å². The molecular weight excluding hydrogens is 620 g/mol. The van der Waals surface area contributed by atoms with E-state index >= 15 is 0 Å². The van der Waals surface area contributed by atoms with Crippen molar-refractivity contribution in [3.8, 4) is 22.7 Å². The van der Waals surface area contributed by atoms with Gasteiger partial charge in [-0.25, -0.2) is 4.79 Å². The Hall–Kier alpha value is -3.84. The number of fused-ring (bicyclic) bond motifs is 1. The van der Waals surface area contributed by atoms with Crippen LogP contribution >= 0.6 is 22.9 Å². The second-order valence-electron chi connectivity index (χ2n) is 12.5. The molecule has 3 aromatic rings. The van der Waals surface area contributed by atoms with Gasteiger partial charge in [0, 0.05) is 24.0 Å². The normalized spacial score (nSPS) is 13.7. The lowest BCUT2D eigenvalue weighted by Gasteiger charge is -2.35. The maximum absolute atomic E-state index is 13.2. The summed E-state index contributed by atoms with van der Waals surface area (Å²) >= 11 is 7.68. The fourth-order valence-corrected chi connectivity index (χ4v) is 5.80. The van der Waals surface area contributed by atoms with Crippen LogP contribution in [0.15, 0.2) is 17.5 Å². The number of thiazole rings is 1. The highest BCUT2D eigenvalue weighted by atomic mass is 35.5. The lowest BCUT2D eigenvalue weighted by atomic mass is 9.86. The Labute approximate surface area is 272 Å². The molecule has 14 heteroatoms. The maximum Gasteiger partial charge on any atom is 0.410 e. The molecule has 12 nitrogen and oxygen atoms in total. The summed E-state index contributed by atoms with van der Waals surface area (Å²) < 4.78 is 22.3. The third kappa shape index (κ3) is 8.06. The monoisotopic (exact) mass is 660 g/mol. The third-order valence-corrected chi connectivity index (χ3v) is 8.28. The zero-order chi connectivity index (χ0) is 33.1. The maximum atomic E-state index is 13.2. The molecule has 0 fully saturated rings. The molecule has 2 N–H and O–H groups in total. The SMILES string of the molecule is COc1nc(NCCN(C(=O)OC(C)C)C(C)(C)C)nc(OC)c1NC(=O)c1csc(Oc2cc3c(cc2Cl)CCC3(C)C)n1. The Morgan fingerprint density at radius 2 is 1.78 bits per heavy atom. The summed E-state index contributed by atoms with van der Waals surface area (Å²) in [6.45, 7) is 14.4. The Kier molecular flexibility index (Phi) is 10.3. The average Bonchev–Trinajstić information content (AvgIpc) is 3.54. The van der Waals surface area contributed by atoms with E-state index in [1.54, 1.807) is 24.1 Å². The van der Waals surface area contributed by atoms with Gasteiger partial charge >= 0.3 is 6.09 Å². The summed E-state index contributed by atoms with van der Waals surface area (Å²) in [6, 6.07) is 3.91. The Bertz CT molecular complexity index is 1530. The minimum absolute atomic E-state index is 0.0332. The lowest BCUT2D eigenvalue weighted by Crippen LogP contribution is -2.48. The minimum atomic E-state index is -0.535. The first-order chi connectivity index (χ1) is 21.1. The lowest BCUT2D eigenvalue weighted by molar-refractivity contribution is 0.0498. The standard InChI is InChI=1S/C31H41ClN6O6S/c1-17(2)43-29(40)38(30(3,4)5)13-12-33-27-36-25(41-8)23(26(37-27)42-9)35-24(39)21-16-45-28(34-21)44-22-15-19-18(14-20(22)32)10-11-31(19,6)7/h14-17H,10-13H2,1-9H3,(H,35,39)(H,33,36,37). The number of nitrogens with one attached hydrogen (secondary N) is 2. The predicted molar refractivity (Wildman–Crippen MR) is 175 cm³/mol. The van der Waals surface area contributed by atoms with E-state index in [0.717, 1.165) is 12.8 Å². The van der Waals surface area contributed by atoms with E-state index in [4.69, 9.17) is 30.5 Å². The summed E-state index contributed by atoms with van der Waals surface area (Å²) in [5, 5.41) is 8.17. The van der Waals surface area contributed by atoms with Gasteiger partial charge in [0.05, 0.1) is 25.3 Å². The van der Waals surface area contributed by atoms with Gasteiger partial charge < -0.3 is 34.5 Å². The number of amides is 2. The summed E-state index contributed by atoms with van der Waals surface area (Å²) in [6.07, 6.45) is 1.36. The van der Waals surface area contributed by atoms with Crippen molar-refractivity contribution < 1.29 is 28.5 Å². The highest BCUT2D eigenvalue weighted by Crippen LogP contribution is 2.44. The summed E-state index contributed by atoms with van der Waals surface area (Å²) in [7, 11) is 2.84. The predicted octanol–water partition coefficient (Wildman–Crippen LogP) is 6.93. The molecule has 4 rings (SSSR count). The van der Waals surface area contributed by atoms with Crippen molar-refractivity contribution in [1.82, 2.24) is 19.9 Å². The first-order valence-electron chi connectivity index (χ1n) is 14.6. The fraction of sp³-hybridized carbons (Fsp3) is 0.516. The molecule has 244 valence electrons. The number of aryl methyl sites for hydroxylation is 1. The summed E-state index contributed by atoms with van der Waals surface area (Å²) in [4.78, 5) is 40.6. The number of methoxy groups -OCH3 is 2. The minimum Gasteiger partial charge on any atom is -0.479 e. The number of rotatable bonds is 11. The van der Waals surface area contributed by atoms with Crippen LogP contribution in [-0.4, -0.2) is 70.8 Å². The van der Waals surface area contributed by atoms with Crippen LogP contribution in [0.2, 0.25) is 5.02 Å². The van der Waals surface area contributed by atoms with Gasteiger partial charge in [0.25, 0.3) is 11.1 Å². The van der Waals surface area contributed by atoms with E-state index in [-0.39, 0.29) is 45.8 Å². The van der Waals surface area contributed by atoms with E-state index in [0.29, 0.717) is 23.9 Å². The zero-order valence-corrected chi connectivity index (χ0v) is 28.7. The van der Waals surface area contributed by atoms with Gasteiger partial charge in [0.15, 0.2) is 5.69 Å². The molecule has 45 heavy (non-hydrogen) atoms. The molecule has 1 aliphatic rings. The fourth-order valence-electron chi connectivity index (χ4n) is 4.92. The molecule has 0 bridgehead atoms. The average molecular weight is 661 g/mol. The Morgan fingerprint density at radius 1 is 1.11 bits per heavy atom. The second-order valence-corrected chi connectivity index (χ2v) is 13.7. The second kappa shape index (κ2) is 13.7. The van der Waals surface area contributed by atoms with Crippen molar-refractivity contribution in [1.29, 1.82) is 0 Å². The molecule has 0 aliphatic heterocycles. The molecule has 0 radical (unpaired) electrons. The largest absolute Gasteiger partial charge is 0.479 e. The van der Waals surface area contributed by atoms with E-state index in [2.05, 4.69) is 39.4 Å². The summed E-state index contributed by atoms with van der Waals surface area (Å²) in [5.41, 5.74) is 2.24. The van der Waals surface area contributed by atoms with Crippen molar-refractivity contribution in [2.75, 3.05) is 37.9 Å². The number of aromatic nitrogens is 3. The van der Waals surface area contributed by atoms with Gasteiger partial charge in [0.2, 0.25) is 17.7 Å². The number of anilines is 2. The quantitative estimate of drug-likeness (QED) is 0.223. The number of carbonyl (C=O) groups excluding carboxylic acids is 2. The smallest absolute Gasteiger partial charge is 0.410 e. The van der Waals surface area contributed by atoms with Crippen LogP contribution in [0.1, 0.15) is 76.5 Å². The molecule has 1 aromatic carbocycles. The van der Waals surface area contributed by atoms with Crippen LogP contribution in [0.3, 0.4) is 0 Å². The van der Waals surface area contributed by atoms with Gasteiger partial charge in [-0.2, -0.15) is 15.0 Å². The van der Waals surface area contributed by atoms with E-state index in [9.17, 15) is 9.59 Å². The number of halogens is 1. The Morgan fingerprint density at radius 3 is 2.38 bits per heavy atom. The van der Waals surface area contributed by atoms with Crippen LogP contribution < -0.4 is 24.8 Å². The Balaban J connectivity index is 1.45. The van der Waals surface area contributed by atoms with Crippen molar-refractivity contribution in [3.05, 3.63) is 39.4 Å². The van der Waals surface area contributed by atoms with E-state index in [1.165, 1.54) is 36.7 Å². The molecular formula is C31H41ClN6O6S. The first kappa shape index (κ1) is 34.0. The molecule has 2 aromatic heterocycles. The molecule has 0 spiro atoms. The molecule has 0 atom stereocenters. The van der Waals surface area contributed by atoms with Gasteiger partial charge in [-0.1, -0.05) is 36.8 Å². The van der Waals surface area contributed by atoms with Crippen LogP contribution in [0.4, 0.5) is 16.4 Å². The molecule has 2 amide bonds. The summed E-state index contributed by atoms with van der Waals surface area (Å²) in [5.74, 6) is 0.292. The number of hydrogen-bond acceptors (Lipinski definition) is 11. The van der Waals surface area contributed by atoms with E-state index < -0.39 is 17.5 Å². The van der Waals surface area contributed by atoms with Gasteiger partial charge in [-0.3, -0.25) is 4.79 Å². The molecule has 0 unspecified atom stereocenters. The molecule has 0 saturated heterocycles. The number of hydrogen-bond donors (Lipinski definition) is 2. The van der Waals surface area contributed by atoms with E-state index in [1.807, 2.05) is 32.9 Å². The van der Waals surface area contributed by atoms with Crippen molar-refractivity contribution in [3.63, 3.8) is 0 Å². The number of carbonyl (C=O) groups is 2. The third-order valence-electron chi connectivity index (χ3n) is 7.27. The van der Waals surface area contributed by atoms with Crippen LogP contribution in [-0.2, 0) is 16.6 Å². The highest BCUT2D eigenvalue weighted by molar-refractivity contribution is 7.11. The number of nitrogens with zero attached hydrogens (tertiary/aromatic N) is 4. The van der Waals surface area contributed by atoms with Gasteiger partial charge in [0.1, 0.15) is 11.4 Å². The molecule has 2 heterocycles. The molecule has 1 aliphatic carbocycles. The van der Waals surface area contributed by atoms with Crippen molar-refractivity contribution in [2.24, 2.45) is 0 Å². The first-order valence-corrected chi connectivity index (χ1v) is 15.9. The number of ether oxygens (including phenoxy) is 4. The van der Waals surface area contributed by atoms with Crippen LogP contribution in [0.5, 0.6) is 22.7 Å². The van der Waals surface area contributed by atoms with Crippen molar-refractivity contribution >= 4 is 46.6 Å². The van der Waals surface area contributed by atoms with Gasteiger partial charge in [-0.15, -0.1) is 0 Å².